The van der Waals surface area contributed by atoms with Crippen molar-refractivity contribution in [3.8, 4) is 11.1 Å². The Balaban J connectivity index is 2.10. The van der Waals surface area contributed by atoms with E-state index in [0.29, 0.717) is 6.54 Å². The van der Waals surface area contributed by atoms with Crippen molar-refractivity contribution in [1.29, 1.82) is 0 Å². The van der Waals surface area contributed by atoms with E-state index < -0.39 is 5.41 Å². The van der Waals surface area contributed by atoms with Gasteiger partial charge in [0.2, 0.25) is 5.91 Å². The Morgan fingerprint density at radius 3 is 2.50 bits per heavy atom. The summed E-state index contributed by atoms with van der Waals surface area (Å²) in [5.74, 6) is 0.747. The third kappa shape index (κ3) is 2.18. The van der Waals surface area contributed by atoms with Crippen molar-refractivity contribution >= 4 is 11.6 Å². The fraction of sp³-hybridized carbons (Fsp3) is 0.353. The van der Waals surface area contributed by atoms with Crippen LogP contribution in [-0.2, 0) is 10.2 Å². The standard InChI is InChI=1S/C17H19N3O2/c1-11-18-9-13(10-19-11)12-4-5-14-15(8-12)20(6-7-21)16(22)17(14,2)3/h4-5,8-10,21H,6-7H2,1-3H3. The number of fused-ring (bicyclic) bond motifs is 1. The first-order chi connectivity index (χ1) is 10.4. The molecule has 114 valence electrons. The quantitative estimate of drug-likeness (QED) is 0.942. The molecule has 2 aromatic rings. The van der Waals surface area contributed by atoms with Gasteiger partial charge in [-0.2, -0.15) is 0 Å². The van der Waals surface area contributed by atoms with Gasteiger partial charge in [-0.25, -0.2) is 9.97 Å². The molecule has 0 bridgehead atoms. The van der Waals surface area contributed by atoms with Gasteiger partial charge in [0.05, 0.1) is 12.0 Å². The van der Waals surface area contributed by atoms with Gasteiger partial charge in [0.1, 0.15) is 5.82 Å². The van der Waals surface area contributed by atoms with Gasteiger partial charge in [0.25, 0.3) is 0 Å². The minimum absolute atomic E-state index is 0.0221. The molecule has 0 spiro atoms. The van der Waals surface area contributed by atoms with Crippen LogP contribution < -0.4 is 4.90 Å². The molecule has 1 N–H and O–H groups in total. The van der Waals surface area contributed by atoms with Crippen LogP contribution in [0.2, 0.25) is 0 Å². The van der Waals surface area contributed by atoms with Crippen LogP contribution in [0.5, 0.6) is 0 Å². The summed E-state index contributed by atoms with van der Waals surface area (Å²) in [5.41, 5.74) is 3.17. The van der Waals surface area contributed by atoms with Gasteiger partial charge in [-0.3, -0.25) is 4.79 Å². The molecule has 1 aromatic heterocycles. The lowest BCUT2D eigenvalue weighted by atomic mass is 9.85. The molecule has 0 aliphatic carbocycles. The van der Waals surface area contributed by atoms with Crippen molar-refractivity contribution in [1.82, 2.24) is 9.97 Å². The van der Waals surface area contributed by atoms with Crippen LogP contribution in [0.15, 0.2) is 30.6 Å². The fourth-order valence-electron chi connectivity index (χ4n) is 2.89. The highest BCUT2D eigenvalue weighted by molar-refractivity contribution is 6.08. The molecule has 0 unspecified atom stereocenters. The highest BCUT2D eigenvalue weighted by atomic mass is 16.3. The van der Waals surface area contributed by atoms with E-state index in [4.69, 9.17) is 0 Å². The van der Waals surface area contributed by atoms with E-state index >= 15 is 0 Å². The highest BCUT2D eigenvalue weighted by Gasteiger charge is 2.43. The minimum atomic E-state index is -0.563. The van der Waals surface area contributed by atoms with E-state index in [1.165, 1.54) is 0 Å². The number of nitrogens with zero attached hydrogens (tertiary/aromatic N) is 3. The minimum Gasteiger partial charge on any atom is -0.395 e. The number of aromatic nitrogens is 2. The summed E-state index contributed by atoms with van der Waals surface area (Å²) in [6.07, 6.45) is 3.56. The molecule has 1 aromatic carbocycles. The Kier molecular flexibility index (Phi) is 3.45. The zero-order valence-electron chi connectivity index (χ0n) is 13.0. The molecule has 0 radical (unpaired) electrons. The van der Waals surface area contributed by atoms with Crippen LogP contribution in [0.25, 0.3) is 11.1 Å². The number of carbonyl (C=O) groups excluding carboxylic acids is 1. The molecule has 3 rings (SSSR count). The van der Waals surface area contributed by atoms with Gasteiger partial charge < -0.3 is 10.0 Å². The summed E-state index contributed by atoms with van der Waals surface area (Å²) in [4.78, 5) is 22.6. The van der Waals surface area contributed by atoms with Crippen molar-refractivity contribution in [2.75, 3.05) is 18.1 Å². The summed E-state index contributed by atoms with van der Waals surface area (Å²) in [6, 6.07) is 5.95. The zero-order valence-corrected chi connectivity index (χ0v) is 13.0. The second kappa shape index (κ2) is 5.18. The van der Waals surface area contributed by atoms with Gasteiger partial charge in [0, 0.05) is 30.2 Å². The number of aliphatic hydroxyl groups is 1. The van der Waals surface area contributed by atoms with Crippen LogP contribution in [0.1, 0.15) is 25.2 Å². The second-order valence-electron chi connectivity index (χ2n) is 6.06. The molecule has 0 saturated carbocycles. The lowest BCUT2D eigenvalue weighted by Crippen LogP contribution is -2.37. The number of aryl methyl sites for hydroxylation is 1. The van der Waals surface area contributed by atoms with Gasteiger partial charge in [-0.05, 0) is 38.0 Å². The molecule has 1 aliphatic heterocycles. The summed E-state index contributed by atoms with van der Waals surface area (Å²) < 4.78 is 0. The van der Waals surface area contributed by atoms with Crippen molar-refractivity contribution in [2.45, 2.75) is 26.2 Å². The van der Waals surface area contributed by atoms with E-state index in [1.54, 1.807) is 17.3 Å². The van der Waals surface area contributed by atoms with Crippen LogP contribution >= 0.6 is 0 Å². The lowest BCUT2D eigenvalue weighted by molar-refractivity contribution is -0.122. The smallest absolute Gasteiger partial charge is 0.237 e. The second-order valence-corrected chi connectivity index (χ2v) is 6.06. The Labute approximate surface area is 129 Å². The van der Waals surface area contributed by atoms with Gasteiger partial charge in [0.15, 0.2) is 0 Å². The maximum atomic E-state index is 12.6. The molecule has 22 heavy (non-hydrogen) atoms. The Bertz CT molecular complexity index is 723. The number of carbonyl (C=O) groups is 1. The first-order valence-corrected chi connectivity index (χ1v) is 7.31. The third-order valence-electron chi connectivity index (χ3n) is 4.18. The average Bonchev–Trinajstić information content (AvgIpc) is 2.69. The highest BCUT2D eigenvalue weighted by Crippen LogP contribution is 2.43. The molecule has 1 aliphatic rings. The Morgan fingerprint density at radius 2 is 1.86 bits per heavy atom. The van der Waals surface area contributed by atoms with Gasteiger partial charge in [-0.1, -0.05) is 12.1 Å². The van der Waals surface area contributed by atoms with E-state index in [9.17, 15) is 9.90 Å². The van der Waals surface area contributed by atoms with Crippen LogP contribution in [0, 0.1) is 6.92 Å². The Hall–Kier alpha value is -2.27. The molecule has 0 atom stereocenters. The first-order valence-electron chi connectivity index (χ1n) is 7.31. The average molecular weight is 297 g/mol. The maximum absolute atomic E-state index is 12.6. The molecular formula is C17H19N3O2. The predicted octanol–water partition coefficient (Wildman–Crippen LogP) is 2.07. The normalized spacial score (nSPS) is 16.0. The van der Waals surface area contributed by atoms with Crippen molar-refractivity contribution in [3.05, 3.63) is 42.0 Å². The molecule has 1 amide bonds. The molecule has 0 fully saturated rings. The number of rotatable bonds is 3. The van der Waals surface area contributed by atoms with E-state index in [0.717, 1.165) is 28.2 Å². The third-order valence-corrected chi connectivity index (χ3v) is 4.18. The predicted molar refractivity (Wildman–Crippen MR) is 84.7 cm³/mol. The number of hydrogen-bond donors (Lipinski definition) is 1. The zero-order chi connectivity index (χ0) is 15.9. The largest absolute Gasteiger partial charge is 0.395 e. The van der Waals surface area contributed by atoms with E-state index in [-0.39, 0.29) is 12.5 Å². The lowest BCUT2D eigenvalue weighted by Gasteiger charge is -2.19. The SMILES string of the molecule is Cc1ncc(-c2ccc3c(c2)N(CCO)C(=O)C3(C)C)cn1. The number of aliphatic hydroxyl groups excluding tert-OH is 1. The monoisotopic (exact) mass is 297 g/mol. The number of hydrogen-bond acceptors (Lipinski definition) is 4. The summed E-state index contributed by atoms with van der Waals surface area (Å²) in [5, 5.41) is 9.24. The number of benzene rings is 1. The van der Waals surface area contributed by atoms with Gasteiger partial charge in [-0.15, -0.1) is 0 Å². The van der Waals surface area contributed by atoms with Crippen molar-refractivity contribution < 1.29 is 9.90 Å². The molecule has 5 heteroatoms. The summed E-state index contributed by atoms with van der Waals surface area (Å²) in [6.45, 7) is 5.93. The van der Waals surface area contributed by atoms with Gasteiger partial charge >= 0.3 is 0 Å². The topological polar surface area (TPSA) is 66.3 Å². The van der Waals surface area contributed by atoms with Crippen LogP contribution in [0.4, 0.5) is 5.69 Å². The summed E-state index contributed by atoms with van der Waals surface area (Å²) in [7, 11) is 0. The molecule has 5 nitrogen and oxygen atoms in total. The number of anilines is 1. The summed E-state index contributed by atoms with van der Waals surface area (Å²) >= 11 is 0. The fourth-order valence-corrected chi connectivity index (χ4v) is 2.89. The van der Waals surface area contributed by atoms with Crippen LogP contribution in [0.3, 0.4) is 0 Å². The number of amides is 1. The van der Waals surface area contributed by atoms with E-state index in [1.807, 2.05) is 39.0 Å². The molecule has 2 heterocycles. The Morgan fingerprint density at radius 1 is 1.18 bits per heavy atom. The molecular weight excluding hydrogens is 278 g/mol. The van der Waals surface area contributed by atoms with Crippen molar-refractivity contribution in [3.63, 3.8) is 0 Å². The number of β-amino-alcohol motifs (C(OH)–C–C–N with tert-alkyl or cyclic N) is 1. The van der Waals surface area contributed by atoms with E-state index in [2.05, 4.69) is 9.97 Å². The van der Waals surface area contributed by atoms with Crippen molar-refractivity contribution in [2.24, 2.45) is 0 Å². The maximum Gasteiger partial charge on any atom is 0.237 e. The van der Waals surface area contributed by atoms with Crippen LogP contribution in [-0.4, -0.2) is 34.1 Å². The first kappa shape index (κ1) is 14.7. The molecule has 0 saturated heterocycles.